The fraction of sp³-hybridized carbons (Fsp3) is 0.333. The minimum atomic E-state index is 0.596. The largest absolute Gasteiger partial charge is 0.490 e. The van der Waals surface area contributed by atoms with Crippen LogP contribution in [-0.4, -0.2) is 38.3 Å². The van der Waals surface area contributed by atoms with Crippen LogP contribution in [0.15, 0.2) is 41.5 Å². The van der Waals surface area contributed by atoms with Crippen molar-refractivity contribution in [3.63, 3.8) is 0 Å². The minimum absolute atomic E-state index is 0.596. The van der Waals surface area contributed by atoms with Crippen molar-refractivity contribution in [1.29, 1.82) is 0 Å². The predicted octanol–water partition coefficient (Wildman–Crippen LogP) is 2.44. The maximum atomic E-state index is 5.71. The van der Waals surface area contributed by atoms with Gasteiger partial charge in [0.05, 0.1) is 20.3 Å². The van der Waals surface area contributed by atoms with Crippen LogP contribution in [-0.2, 0) is 6.54 Å². The Labute approximate surface area is 147 Å². The van der Waals surface area contributed by atoms with Crippen LogP contribution >= 0.6 is 0 Å². The third-order valence-electron chi connectivity index (χ3n) is 3.70. The number of pyridine rings is 1. The number of aromatic nitrogens is 1. The first-order valence-electron chi connectivity index (χ1n) is 8.15. The van der Waals surface area contributed by atoms with Crippen molar-refractivity contribution >= 4 is 11.6 Å². The summed E-state index contributed by atoms with van der Waals surface area (Å²) in [7, 11) is 3.33. The molecule has 0 atom stereocenters. The zero-order chi connectivity index (χ0) is 17.5. The fourth-order valence-electron chi connectivity index (χ4n) is 2.38. The Balaban J connectivity index is 1.61. The molecule has 2 N–H and O–H groups in total. The van der Waals surface area contributed by atoms with Crippen molar-refractivity contribution < 1.29 is 14.2 Å². The number of guanidine groups is 1. The van der Waals surface area contributed by atoms with Gasteiger partial charge in [0.2, 0.25) is 5.88 Å². The number of rotatable bonds is 4. The molecule has 0 amide bonds. The Bertz CT molecular complexity index is 732. The Kier molecular flexibility index (Phi) is 5.56. The summed E-state index contributed by atoms with van der Waals surface area (Å²) in [5.74, 6) is 2.77. The van der Waals surface area contributed by atoms with Gasteiger partial charge < -0.3 is 24.8 Å². The number of anilines is 1. The van der Waals surface area contributed by atoms with E-state index in [1.165, 1.54) is 0 Å². The highest BCUT2D eigenvalue weighted by molar-refractivity contribution is 5.93. The van der Waals surface area contributed by atoms with Crippen LogP contribution < -0.4 is 24.8 Å². The lowest BCUT2D eigenvalue weighted by atomic mass is 10.2. The number of benzene rings is 1. The van der Waals surface area contributed by atoms with Crippen LogP contribution in [0.3, 0.4) is 0 Å². The van der Waals surface area contributed by atoms with E-state index < -0.39 is 0 Å². The van der Waals surface area contributed by atoms with E-state index in [-0.39, 0.29) is 0 Å². The Morgan fingerprint density at radius 2 is 2.04 bits per heavy atom. The molecule has 3 rings (SSSR count). The smallest absolute Gasteiger partial charge is 0.212 e. The molecule has 0 unspecified atom stereocenters. The van der Waals surface area contributed by atoms with E-state index in [0.29, 0.717) is 31.6 Å². The summed E-state index contributed by atoms with van der Waals surface area (Å²) in [4.78, 5) is 8.43. The highest BCUT2D eigenvalue weighted by Crippen LogP contribution is 2.32. The summed E-state index contributed by atoms with van der Waals surface area (Å²) in [5, 5.41) is 6.50. The molecule has 0 saturated heterocycles. The summed E-state index contributed by atoms with van der Waals surface area (Å²) in [6.45, 7) is 1.94. The molecule has 2 aromatic rings. The monoisotopic (exact) mass is 342 g/mol. The molecule has 0 radical (unpaired) electrons. The molecule has 0 fully saturated rings. The summed E-state index contributed by atoms with van der Waals surface area (Å²) >= 11 is 0. The van der Waals surface area contributed by atoms with Crippen molar-refractivity contribution in [3.05, 3.63) is 42.1 Å². The molecule has 1 aliphatic rings. The van der Waals surface area contributed by atoms with Gasteiger partial charge in [-0.1, -0.05) is 6.07 Å². The van der Waals surface area contributed by atoms with E-state index in [9.17, 15) is 0 Å². The fourth-order valence-corrected chi connectivity index (χ4v) is 2.38. The van der Waals surface area contributed by atoms with Gasteiger partial charge in [0, 0.05) is 44.0 Å². The van der Waals surface area contributed by atoms with E-state index in [2.05, 4.69) is 20.6 Å². The summed E-state index contributed by atoms with van der Waals surface area (Å²) in [5.41, 5.74) is 1.91. The van der Waals surface area contributed by atoms with E-state index in [4.69, 9.17) is 14.2 Å². The van der Waals surface area contributed by atoms with Gasteiger partial charge in [-0.05, 0) is 17.7 Å². The molecular weight excluding hydrogens is 320 g/mol. The number of hydrogen-bond donors (Lipinski definition) is 2. The molecule has 7 nitrogen and oxygen atoms in total. The molecule has 25 heavy (non-hydrogen) atoms. The first kappa shape index (κ1) is 16.9. The van der Waals surface area contributed by atoms with Gasteiger partial charge in [-0.3, -0.25) is 4.99 Å². The van der Waals surface area contributed by atoms with Crippen molar-refractivity contribution in [3.8, 4) is 17.4 Å². The molecule has 1 aliphatic heterocycles. The predicted molar refractivity (Wildman–Crippen MR) is 96.7 cm³/mol. The number of hydrogen-bond acceptors (Lipinski definition) is 5. The zero-order valence-corrected chi connectivity index (χ0v) is 14.4. The maximum Gasteiger partial charge on any atom is 0.212 e. The van der Waals surface area contributed by atoms with Crippen LogP contribution in [0.25, 0.3) is 0 Å². The molecule has 132 valence electrons. The number of nitrogens with one attached hydrogen (secondary N) is 2. The maximum absolute atomic E-state index is 5.71. The second-order valence-electron chi connectivity index (χ2n) is 5.47. The average molecular weight is 342 g/mol. The molecule has 1 aromatic heterocycles. The number of ether oxygens (including phenoxy) is 3. The molecule has 0 bridgehead atoms. The Hall–Kier alpha value is -2.96. The number of nitrogens with zero attached hydrogens (tertiary/aromatic N) is 2. The van der Waals surface area contributed by atoms with Crippen LogP contribution in [0.2, 0.25) is 0 Å². The van der Waals surface area contributed by atoms with Gasteiger partial charge in [-0.25, -0.2) is 4.98 Å². The standard InChI is InChI=1S/C18H22N4O3/c1-19-18(21-12-13-4-7-17(23-2)20-11-13)22-14-5-6-15-16(10-14)25-9-3-8-24-15/h4-7,10-11H,3,8-9,12H2,1-2H3,(H2,19,21,22). The Morgan fingerprint density at radius 1 is 1.20 bits per heavy atom. The zero-order valence-electron chi connectivity index (χ0n) is 14.4. The third kappa shape index (κ3) is 4.53. The normalized spacial score (nSPS) is 13.8. The van der Waals surface area contributed by atoms with Crippen molar-refractivity contribution in [1.82, 2.24) is 10.3 Å². The van der Waals surface area contributed by atoms with Gasteiger partial charge >= 0.3 is 0 Å². The first-order valence-corrected chi connectivity index (χ1v) is 8.15. The quantitative estimate of drug-likeness (QED) is 0.656. The third-order valence-corrected chi connectivity index (χ3v) is 3.70. The SMILES string of the molecule is CN=C(NCc1ccc(OC)nc1)Nc1ccc2c(c1)OCCCO2. The highest BCUT2D eigenvalue weighted by atomic mass is 16.5. The van der Waals surface area contributed by atoms with Crippen molar-refractivity contribution in [2.24, 2.45) is 4.99 Å². The summed E-state index contributed by atoms with van der Waals surface area (Å²) < 4.78 is 16.4. The van der Waals surface area contributed by atoms with Crippen LogP contribution in [0.5, 0.6) is 17.4 Å². The molecule has 7 heteroatoms. The molecule has 2 heterocycles. The highest BCUT2D eigenvalue weighted by Gasteiger charge is 2.11. The molecule has 0 saturated carbocycles. The lowest BCUT2D eigenvalue weighted by Gasteiger charge is -2.14. The van der Waals surface area contributed by atoms with E-state index in [0.717, 1.165) is 29.2 Å². The van der Waals surface area contributed by atoms with E-state index in [1.807, 2.05) is 30.3 Å². The molecular formula is C18H22N4O3. The average Bonchev–Trinajstić information content (AvgIpc) is 2.90. The number of methoxy groups -OCH3 is 1. The van der Waals surface area contributed by atoms with E-state index >= 15 is 0 Å². The lowest BCUT2D eigenvalue weighted by molar-refractivity contribution is 0.297. The Morgan fingerprint density at radius 3 is 2.76 bits per heavy atom. The lowest BCUT2D eigenvalue weighted by Crippen LogP contribution is -2.30. The van der Waals surface area contributed by atoms with Crippen LogP contribution in [0.1, 0.15) is 12.0 Å². The van der Waals surface area contributed by atoms with Gasteiger partial charge in [-0.15, -0.1) is 0 Å². The molecule has 0 aliphatic carbocycles. The molecule has 1 aromatic carbocycles. The number of fused-ring (bicyclic) bond motifs is 1. The van der Waals surface area contributed by atoms with Crippen molar-refractivity contribution in [2.75, 3.05) is 32.7 Å². The summed E-state index contributed by atoms with van der Waals surface area (Å²) in [6, 6.07) is 9.55. The van der Waals surface area contributed by atoms with Crippen LogP contribution in [0.4, 0.5) is 5.69 Å². The van der Waals surface area contributed by atoms with Gasteiger partial charge in [0.1, 0.15) is 0 Å². The first-order chi connectivity index (χ1) is 12.3. The second-order valence-corrected chi connectivity index (χ2v) is 5.47. The van der Waals surface area contributed by atoms with Gasteiger partial charge in [0.25, 0.3) is 0 Å². The molecule has 0 spiro atoms. The van der Waals surface area contributed by atoms with Gasteiger partial charge in [-0.2, -0.15) is 0 Å². The van der Waals surface area contributed by atoms with Crippen LogP contribution in [0, 0.1) is 0 Å². The minimum Gasteiger partial charge on any atom is -0.490 e. The topological polar surface area (TPSA) is 77.0 Å². The van der Waals surface area contributed by atoms with E-state index in [1.54, 1.807) is 20.4 Å². The van der Waals surface area contributed by atoms with Gasteiger partial charge in [0.15, 0.2) is 17.5 Å². The second kappa shape index (κ2) is 8.23. The summed E-state index contributed by atoms with van der Waals surface area (Å²) in [6.07, 6.45) is 2.66. The van der Waals surface area contributed by atoms with Crippen molar-refractivity contribution in [2.45, 2.75) is 13.0 Å². The number of aliphatic imine (C=N–C) groups is 1.